The molecule has 0 bridgehead atoms. The molecule has 32 heavy (non-hydrogen) atoms. The Kier molecular flexibility index (Phi) is 6.17. The molecule has 2 aliphatic heterocycles. The van der Waals surface area contributed by atoms with Crippen LogP contribution in [0, 0.1) is 0 Å². The van der Waals surface area contributed by atoms with Gasteiger partial charge in [0.1, 0.15) is 5.82 Å². The number of carbonyl (C=O) groups is 1. The molecule has 1 fully saturated rings. The third-order valence-corrected chi connectivity index (χ3v) is 7.16. The second kappa shape index (κ2) is 8.74. The van der Waals surface area contributed by atoms with Crippen LogP contribution in [0.15, 0.2) is 16.9 Å². The number of anilines is 1. The zero-order chi connectivity index (χ0) is 23.0. The van der Waals surface area contributed by atoms with E-state index in [-0.39, 0.29) is 28.9 Å². The van der Waals surface area contributed by atoms with E-state index in [1.165, 1.54) is 11.8 Å². The second-order valence-corrected chi connectivity index (χ2v) is 9.62. The molecule has 0 spiro atoms. The molecule has 2 aromatic rings. The molecule has 2 atom stereocenters. The quantitative estimate of drug-likeness (QED) is 0.702. The number of aromatic amines is 1. The second-order valence-electron chi connectivity index (χ2n) is 8.53. The van der Waals surface area contributed by atoms with Gasteiger partial charge in [-0.1, -0.05) is 0 Å². The smallest absolute Gasteiger partial charge is 0.270 e. The molecule has 1 saturated heterocycles. The van der Waals surface area contributed by atoms with E-state index in [4.69, 9.17) is 18.9 Å². The van der Waals surface area contributed by atoms with Crippen molar-refractivity contribution in [2.75, 3.05) is 39.0 Å². The summed E-state index contributed by atoms with van der Waals surface area (Å²) in [6, 6.07) is 3.67. The molecule has 174 valence electrons. The van der Waals surface area contributed by atoms with E-state index in [0.717, 1.165) is 18.4 Å². The van der Waals surface area contributed by atoms with Crippen molar-refractivity contribution in [1.82, 2.24) is 9.78 Å². The third kappa shape index (κ3) is 4.09. The predicted octanol–water partition coefficient (Wildman–Crippen LogP) is 3.11. The Morgan fingerprint density at radius 3 is 2.41 bits per heavy atom. The molecule has 1 aromatic carbocycles. The minimum Gasteiger partial charge on any atom is -0.493 e. The Balaban J connectivity index is 1.84. The summed E-state index contributed by atoms with van der Waals surface area (Å²) in [4.78, 5) is 25.8. The Hall–Kier alpha value is -2.59. The van der Waals surface area contributed by atoms with Gasteiger partial charge in [-0.25, -0.2) is 0 Å². The summed E-state index contributed by atoms with van der Waals surface area (Å²) in [6.07, 6.45) is 1.47. The molecule has 10 heteroatoms. The van der Waals surface area contributed by atoms with Crippen LogP contribution in [-0.2, 0) is 9.53 Å². The fraction of sp³-hybridized carbons (Fsp3) is 0.545. The first-order chi connectivity index (χ1) is 15.3. The minimum atomic E-state index is -0.393. The maximum atomic E-state index is 13.2. The predicted molar refractivity (Wildman–Crippen MR) is 122 cm³/mol. The van der Waals surface area contributed by atoms with E-state index in [1.54, 1.807) is 21.3 Å². The van der Waals surface area contributed by atoms with E-state index in [9.17, 15) is 9.59 Å². The molecule has 0 aliphatic carbocycles. The van der Waals surface area contributed by atoms with Gasteiger partial charge in [0.15, 0.2) is 11.5 Å². The highest BCUT2D eigenvalue weighted by atomic mass is 32.2. The number of thioether (sulfide) groups is 1. The maximum Gasteiger partial charge on any atom is 0.270 e. The van der Waals surface area contributed by atoms with Crippen LogP contribution in [0.25, 0.3) is 0 Å². The average molecular weight is 464 g/mol. The van der Waals surface area contributed by atoms with E-state index in [0.29, 0.717) is 35.2 Å². The molecule has 0 saturated carbocycles. The fourth-order valence-electron chi connectivity index (χ4n) is 4.45. The van der Waals surface area contributed by atoms with E-state index in [1.807, 2.05) is 30.7 Å². The highest BCUT2D eigenvalue weighted by Crippen LogP contribution is 2.47. The van der Waals surface area contributed by atoms with Gasteiger partial charge in [0.05, 0.1) is 49.5 Å². The molecule has 2 N–H and O–H groups in total. The number of nitrogens with zero attached hydrogens (tertiary/aromatic N) is 1. The summed E-state index contributed by atoms with van der Waals surface area (Å²) < 4.78 is 24.1. The number of carbonyl (C=O) groups excluding carboxylic acids is 1. The van der Waals surface area contributed by atoms with Crippen molar-refractivity contribution in [2.24, 2.45) is 0 Å². The van der Waals surface area contributed by atoms with Gasteiger partial charge < -0.3 is 24.3 Å². The number of hydrogen-bond acceptors (Lipinski definition) is 7. The van der Waals surface area contributed by atoms with Gasteiger partial charge in [-0.3, -0.25) is 19.4 Å². The van der Waals surface area contributed by atoms with E-state index in [2.05, 4.69) is 10.4 Å². The van der Waals surface area contributed by atoms with Gasteiger partial charge in [-0.2, -0.15) is 0 Å². The number of benzene rings is 1. The number of rotatable bonds is 5. The fourth-order valence-corrected chi connectivity index (χ4v) is 5.56. The number of nitrogens with one attached hydrogen (secondary N) is 2. The van der Waals surface area contributed by atoms with Crippen molar-refractivity contribution < 1.29 is 23.7 Å². The number of hydrogen-bond donors (Lipinski definition) is 2. The van der Waals surface area contributed by atoms with Gasteiger partial charge in [-0.05, 0) is 44.4 Å². The lowest BCUT2D eigenvalue weighted by atomic mass is 9.94. The summed E-state index contributed by atoms with van der Waals surface area (Å²) in [5.41, 5.74) is 0.770. The van der Waals surface area contributed by atoms with Crippen LogP contribution in [0.5, 0.6) is 17.2 Å². The van der Waals surface area contributed by atoms with Crippen LogP contribution in [-0.4, -0.2) is 55.0 Å². The van der Waals surface area contributed by atoms with Crippen LogP contribution in [0.3, 0.4) is 0 Å². The highest BCUT2D eigenvalue weighted by Gasteiger charge is 2.36. The SMILES string of the molecule is COc1cc([C@@H]2SCC(=O)Nc3c2c(=O)[nH]n3[C@H]2CCOC(C)(C)C2)cc(OC)c1OC. The number of aromatic nitrogens is 2. The minimum absolute atomic E-state index is 0.0131. The average Bonchev–Trinajstić information content (AvgIpc) is 2.97. The van der Waals surface area contributed by atoms with E-state index < -0.39 is 5.25 Å². The summed E-state index contributed by atoms with van der Waals surface area (Å²) in [6.45, 7) is 4.66. The monoisotopic (exact) mass is 463 g/mol. The summed E-state index contributed by atoms with van der Waals surface area (Å²) in [7, 11) is 4.64. The zero-order valence-corrected chi connectivity index (χ0v) is 19.8. The number of methoxy groups -OCH3 is 3. The van der Waals surface area contributed by atoms with Gasteiger partial charge in [0.2, 0.25) is 11.7 Å². The van der Waals surface area contributed by atoms with Crippen LogP contribution < -0.4 is 25.1 Å². The van der Waals surface area contributed by atoms with Crippen LogP contribution >= 0.6 is 11.8 Å². The third-order valence-electron chi connectivity index (χ3n) is 5.89. The summed E-state index contributed by atoms with van der Waals surface area (Å²) in [5.74, 6) is 2.05. The topological polar surface area (TPSA) is 104 Å². The lowest BCUT2D eigenvalue weighted by Gasteiger charge is -2.36. The Labute approximate surface area is 190 Å². The van der Waals surface area contributed by atoms with Crippen molar-refractivity contribution in [3.63, 3.8) is 0 Å². The normalized spacial score (nSPS) is 22.5. The van der Waals surface area contributed by atoms with Gasteiger partial charge >= 0.3 is 0 Å². The van der Waals surface area contributed by atoms with Crippen molar-refractivity contribution in [2.45, 2.75) is 43.6 Å². The number of H-pyrrole nitrogens is 1. The highest BCUT2D eigenvalue weighted by molar-refractivity contribution is 8.00. The summed E-state index contributed by atoms with van der Waals surface area (Å²) >= 11 is 1.39. The van der Waals surface area contributed by atoms with Crippen molar-refractivity contribution in [3.8, 4) is 17.2 Å². The molecular weight excluding hydrogens is 434 g/mol. The number of amides is 1. The maximum absolute atomic E-state index is 13.2. The molecule has 0 unspecified atom stereocenters. The molecule has 1 aromatic heterocycles. The Bertz CT molecular complexity index is 1050. The van der Waals surface area contributed by atoms with Gasteiger partial charge in [0.25, 0.3) is 5.56 Å². The first kappa shape index (κ1) is 22.6. The van der Waals surface area contributed by atoms with Gasteiger partial charge in [-0.15, -0.1) is 11.8 Å². The number of fused-ring (bicyclic) bond motifs is 1. The zero-order valence-electron chi connectivity index (χ0n) is 18.9. The van der Waals surface area contributed by atoms with Gasteiger partial charge in [0, 0.05) is 6.61 Å². The lowest BCUT2D eigenvalue weighted by Crippen LogP contribution is -2.36. The molecular formula is C22H29N3O6S. The standard InChI is InChI=1S/C22H29N3O6S/c1-22(2)10-13(6-7-31-22)25-20-17(21(27)24-25)19(32-11-16(26)23-20)12-8-14(28-3)18(30-5)15(9-12)29-4/h8-9,13,19H,6-7,10-11H2,1-5H3,(H,23,26)(H,24,27)/t13-,19-/m0/s1. The summed E-state index contributed by atoms with van der Waals surface area (Å²) in [5, 5.41) is 5.55. The number of ether oxygens (including phenoxy) is 4. The van der Waals surface area contributed by atoms with Crippen LogP contribution in [0.4, 0.5) is 5.82 Å². The molecule has 3 heterocycles. The molecule has 9 nitrogen and oxygen atoms in total. The largest absolute Gasteiger partial charge is 0.493 e. The lowest BCUT2D eigenvalue weighted by molar-refractivity contribution is -0.113. The molecule has 2 aliphatic rings. The Morgan fingerprint density at radius 1 is 1.12 bits per heavy atom. The van der Waals surface area contributed by atoms with Crippen molar-refractivity contribution in [1.29, 1.82) is 0 Å². The molecule has 0 radical (unpaired) electrons. The first-order valence-corrected chi connectivity index (χ1v) is 11.5. The molecule has 4 rings (SSSR count). The van der Waals surface area contributed by atoms with Crippen LogP contribution in [0.1, 0.15) is 49.1 Å². The van der Waals surface area contributed by atoms with E-state index >= 15 is 0 Å². The first-order valence-electron chi connectivity index (χ1n) is 10.5. The van der Waals surface area contributed by atoms with Crippen LogP contribution in [0.2, 0.25) is 0 Å². The van der Waals surface area contributed by atoms with Crippen molar-refractivity contribution >= 4 is 23.5 Å². The Morgan fingerprint density at radius 2 is 1.81 bits per heavy atom. The van der Waals surface area contributed by atoms with Crippen molar-refractivity contribution in [3.05, 3.63) is 33.6 Å². The molecule has 1 amide bonds.